The fourth-order valence-corrected chi connectivity index (χ4v) is 5.09. The van der Waals surface area contributed by atoms with Gasteiger partial charge in [-0.3, -0.25) is 0 Å². The second-order valence-electron chi connectivity index (χ2n) is 7.67. The highest BCUT2D eigenvalue weighted by Crippen LogP contribution is 2.51. The lowest BCUT2D eigenvalue weighted by Crippen LogP contribution is -2.32. The fraction of sp³-hybridized carbons (Fsp3) is 0.167. The first-order valence-corrected chi connectivity index (χ1v) is 11.0. The molecule has 4 heterocycles. The van der Waals surface area contributed by atoms with Crippen molar-refractivity contribution in [2.45, 2.75) is 19.1 Å². The molecule has 2 aromatic carbocycles. The van der Waals surface area contributed by atoms with Crippen molar-refractivity contribution in [2.24, 2.45) is 0 Å². The van der Waals surface area contributed by atoms with E-state index in [0.29, 0.717) is 5.95 Å². The number of rotatable bonds is 3. The first-order valence-electron chi connectivity index (χ1n) is 10.1. The van der Waals surface area contributed by atoms with Crippen LogP contribution in [0.15, 0.2) is 71.9 Å². The lowest BCUT2D eigenvalue weighted by molar-refractivity contribution is 0.226. The van der Waals surface area contributed by atoms with E-state index in [4.69, 9.17) is 9.47 Å². The summed E-state index contributed by atoms with van der Waals surface area (Å²) < 4.78 is 14.1. The number of benzene rings is 2. The Bertz CT molecular complexity index is 1290. The Morgan fingerprint density at radius 2 is 2.00 bits per heavy atom. The molecule has 0 radical (unpaired) electrons. The number of ether oxygens (including phenoxy) is 2. The molecule has 0 unspecified atom stereocenters. The summed E-state index contributed by atoms with van der Waals surface area (Å²) in [7, 11) is 1.68. The van der Waals surface area contributed by atoms with Gasteiger partial charge in [0.1, 0.15) is 23.9 Å². The van der Waals surface area contributed by atoms with Crippen molar-refractivity contribution in [1.29, 1.82) is 0 Å². The lowest BCUT2D eigenvalue weighted by atomic mass is 9.86. The van der Waals surface area contributed by atoms with Gasteiger partial charge in [-0.15, -0.1) is 11.3 Å². The molecule has 6 nitrogen and oxygen atoms in total. The number of anilines is 1. The molecule has 0 spiro atoms. The Morgan fingerprint density at radius 1 is 1.13 bits per heavy atom. The molecule has 0 saturated carbocycles. The van der Waals surface area contributed by atoms with Gasteiger partial charge in [0.2, 0.25) is 5.95 Å². The third-order valence-corrected chi connectivity index (χ3v) is 6.73. The summed E-state index contributed by atoms with van der Waals surface area (Å²) in [6.45, 7) is 2.10. The molecule has 2 aliphatic heterocycles. The van der Waals surface area contributed by atoms with E-state index in [9.17, 15) is 0 Å². The zero-order chi connectivity index (χ0) is 20.9. The number of thiophene rings is 1. The van der Waals surface area contributed by atoms with E-state index in [1.165, 1.54) is 5.56 Å². The van der Waals surface area contributed by atoms with Gasteiger partial charge in [-0.25, -0.2) is 4.68 Å². The average molecular weight is 429 g/mol. The number of aryl methyl sites for hydroxylation is 1. The molecule has 2 aromatic heterocycles. The van der Waals surface area contributed by atoms with Gasteiger partial charge in [-0.05, 0) is 42.1 Å². The van der Waals surface area contributed by atoms with Crippen LogP contribution in [0.1, 0.15) is 33.7 Å². The molecule has 1 N–H and O–H groups in total. The summed E-state index contributed by atoms with van der Waals surface area (Å²) in [6.07, 6.45) is 1.36. The molecule has 31 heavy (non-hydrogen) atoms. The van der Waals surface area contributed by atoms with Crippen LogP contribution in [0.3, 0.4) is 0 Å². The standard InChI is InChI=1S/C24H20N4O2S/c1-14-5-7-15(8-6-14)22-20-21(27-24-25-13-26-28(22)24)17-12-16(29-2)9-10-18(17)30-23(20)19-4-3-11-31-19/h3-13,22-23H,1-2H3,(H,25,26,27)/t22-,23-/m1/s1. The number of methoxy groups -OCH3 is 1. The molecule has 0 bridgehead atoms. The topological polar surface area (TPSA) is 61.2 Å². The minimum Gasteiger partial charge on any atom is -0.497 e. The second kappa shape index (κ2) is 6.99. The van der Waals surface area contributed by atoms with Gasteiger partial charge in [0.05, 0.1) is 12.8 Å². The molecule has 0 amide bonds. The van der Waals surface area contributed by atoms with Crippen LogP contribution < -0.4 is 14.8 Å². The molecule has 7 heteroatoms. The monoisotopic (exact) mass is 428 g/mol. The van der Waals surface area contributed by atoms with Gasteiger partial charge in [0.15, 0.2) is 6.10 Å². The number of nitrogens with zero attached hydrogens (tertiary/aromatic N) is 3. The number of hydrogen-bond donors (Lipinski definition) is 1. The first kappa shape index (κ1) is 18.2. The van der Waals surface area contributed by atoms with Crippen LogP contribution in [0, 0.1) is 6.92 Å². The smallest absolute Gasteiger partial charge is 0.226 e. The van der Waals surface area contributed by atoms with Crippen molar-refractivity contribution in [3.8, 4) is 11.5 Å². The van der Waals surface area contributed by atoms with Gasteiger partial charge in [-0.2, -0.15) is 10.1 Å². The number of aromatic nitrogens is 3. The average Bonchev–Trinajstić information content (AvgIpc) is 3.49. The highest BCUT2D eigenvalue weighted by molar-refractivity contribution is 7.10. The summed E-state index contributed by atoms with van der Waals surface area (Å²) in [6, 6.07) is 18.6. The van der Waals surface area contributed by atoms with Gasteiger partial charge in [0.25, 0.3) is 0 Å². The predicted molar refractivity (Wildman–Crippen MR) is 121 cm³/mol. The Hall–Kier alpha value is -3.58. The van der Waals surface area contributed by atoms with E-state index in [-0.39, 0.29) is 12.1 Å². The highest BCUT2D eigenvalue weighted by atomic mass is 32.1. The third-order valence-electron chi connectivity index (χ3n) is 5.82. The fourth-order valence-electron chi connectivity index (χ4n) is 4.32. The van der Waals surface area contributed by atoms with Crippen LogP contribution in [0.2, 0.25) is 0 Å². The van der Waals surface area contributed by atoms with E-state index >= 15 is 0 Å². The van der Waals surface area contributed by atoms with Crippen molar-refractivity contribution >= 4 is 23.0 Å². The van der Waals surface area contributed by atoms with Crippen LogP contribution in [0.5, 0.6) is 11.5 Å². The summed E-state index contributed by atoms with van der Waals surface area (Å²) in [5.41, 5.74) is 5.45. The molecular formula is C24H20N4O2S. The normalized spacial score (nSPS) is 19.0. The molecule has 2 aliphatic rings. The lowest BCUT2D eigenvalue weighted by Gasteiger charge is -2.38. The molecule has 0 aliphatic carbocycles. The zero-order valence-corrected chi connectivity index (χ0v) is 17.9. The van der Waals surface area contributed by atoms with Crippen molar-refractivity contribution in [1.82, 2.24) is 14.8 Å². The SMILES string of the molecule is COc1ccc2c(c1)C1=C([C@@H](c3cccs3)O2)[C@@H](c2ccc(C)cc2)n2ncnc2N1. The van der Waals surface area contributed by atoms with Gasteiger partial charge in [-0.1, -0.05) is 35.9 Å². The van der Waals surface area contributed by atoms with E-state index < -0.39 is 0 Å². The second-order valence-corrected chi connectivity index (χ2v) is 8.65. The Kier molecular flexibility index (Phi) is 4.11. The molecule has 6 rings (SSSR count). The Morgan fingerprint density at radius 3 is 2.77 bits per heavy atom. The summed E-state index contributed by atoms with van der Waals surface area (Å²) in [5.74, 6) is 2.32. The summed E-state index contributed by atoms with van der Waals surface area (Å²) >= 11 is 1.69. The van der Waals surface area contributed by atoms with E-state index in [1.54, 1.807) is 24.8 Å². The maximum absolute atomic E-state index is 6.61. The third kappa shape index (κ3) is 2.84. The van der Waals surface area contributed by atoms with E-state index in [0.717, 1.165) is 38.8 Å². The molecule has 154 valence electrons. The minimum absolute atomic E-state index is 0.138. The van der Waals surface area contributed by atoms with Gasteiger partial charge in [0, 0.05) is 16.0 Å². The zero-order valence-electron chi connectivity index (χ0n) is 17.1. The van der Waals surface area contributed by atoms with Crippen molar-refractivity contribution in [2.75, 3.05) is 12.4 Å². The maximum atomic E-state index is 6.61. The number of hydrogen-bond acceptors (Lipinski definition) is 6. The van der Waals surface area contributed by atoms with Crippen LogP contribution in [-0.2, 0) is 0 Å². The van der Waals surface area contributed by atoms with Crippen LogP contribution in [-0.4, -0.2) is 21.9 Å². The Balaban J connectivity index is 1.63. The van der Waals surface area contributed by atoms with Gasteiger partial charge < -0.3 is 14.8 Å². The largest absolute Gasteiger partial charge is 0.497 e. The Labute approximate surface area is 183 Å². The van der Waals surface area contributed by atoms with Gasteiger partial charge >= 0.3 is 0 Å². The van der Waals surface area contributed by atoms with Crippen molar-refractivity contribution < 1.29 is 9.47 Å². The van der Waals surface area contributed by atoms with Crippen molar-refractivity contribution in [3.05, 3.63) is 93.4 Å². The molecule has 2 atom stereocenters. The number of fused-ring (bicyclic) bond motifs is 3. The van der Waals surface area contributed by atoms with Crippen LogP contribution in [0.25, 0.3) is 5.70 Å². The summed E-state index contributed by atoms with van der Waals surface area (Å²) in [4.78, 5) is 5.63. The molecule has 0 saturated heterocycles. The molecule has 0 fully saturated rings. The van der Waals surface area contributed by atoms with Crippen molar-refractivity contribution in [3.63, 3.8) is 0 Å². The molecule has 4 aromatic rings. The molecular weight excluding hydrogens is 408 g/mol. The predicted octanol–water partition coefficient (Wildman–Crippen LogP) is 5.22. The maximum Gasteiger partial charge on any atom is 0.226 e. The van der Waals surface area contributed by atoms with Crippen LogP contribution >= 0.6 is 11.3 Å². The van der Waals surface area contributed by atoms with E-state index in [2.05, 4.69) is 64.1 Å². The van der Waals surface area contributed by atoms with Crippen LogP contribution in [0.4, 0.5) is 5.95 Å². The summed E-state index contributed by atoms with van der Waals surface area (Å²) in [5, 5.41) is 10.2. The minimum atomic E-state index is -0.230. The highest BCUT2D eigenvalue weighted by Gasteiger charge is 2.41. The number of nitrogens with one attached hydrogen (secondary N) is 1. The van der Waals surface area contributed by atoms with E-state index in [1.807, 2.05) is 22.9 Å². The quantitative estimate of drug-likeness (QED) is 0.485. The first-order chi connectivity index (χ1) is 15.2.